The summed E-state index contributed by atoms with van der Waals surface area (Å²) in [5, 5.41) is 18.4. The highest BCUT2D eigenvalue weighted by atomic mass is 19.1. The molecule has 0 amide bonds. The van der Waals surface area contributed by atoms with Crippen molar-refractivity contribution < 1.29 is 19.0 Å². The third-order valence-electron chi connectivity index (χ3n) is 6.70. The van der Waals surface area contributed by atoms with Gasteiger partial charge in [0.25, 0.3) is 0 Å². The maximum atomic E-state index is 15.5. The minimum Gasteiger partial charge on any atom is -0.492 e. The van der Waals surface area contributed by atoms with Gasteiger partial charge in [0, 0.05) is 44.8 Å². The van der Waals surface area contributed by atoms with E-state index in [2.05, 4.69) is 17.9 Å². The molecule has 0 bridgehead atoms. The summed E-state index contributed by atoms with van der Waals surface area (Å²) in [6, 6.07) is 3.39. The molecule has 4 rings (SSSR count). The number of methoxy groups -OCH3 is 1. The molecule has 1 aliphatic carbocycles. The molecular formula is C24H29FN4O4. The highest BCUT2D eigenvalue weighted by Crippen LogP contribution is 2.45. The third-order valence-corrected chi connectivity index (χ3v) is 6.70. The Morgan fingerprint density at radius 2 is 2.18 bits per heavy atom. The Bertz CT molecular complexity index is 1200. The fourth-order valence-electron chi connectivity index (χ4n) is 5.04. The number of benzene rings is 1. The SMILES string of the molecule is COc1c(N2CCC(C)(CN(C)CCC#N)C2)c(F)cc2c(=O)c(C(=O)O)cn(C3CC3)c12. The Labute approximate surface area is 191 Å². The van der Waals surface area contributed by atoms with Crippen LogP contribution in [0.3, 0.4) is 0 Å². The molecule has 176 valence electrons. The van der Waals surface area contributed by atoms with Gasteiger partial charge in [-0.2, -0.15) is 5.26 Å². The van der Waals surface area contributed by atoms with Crippen LogP contribution in [-0.4, -0.2) is 60.9 Å². The zero-order chi connectivity index (χ0) is 23.9. The molecule has 9 heteroatoms. The Balaban J connectivity index is 1.78. The van der Waals surface area contributed by atoms with Crippen LogP contribution in [0.2, 0.25) is 0 Å². The summed E-state index contributed by atoms with van der Waals surface area (Å²) in [6.45, 7) is 4.84. The zero-order valence-electron chi connectivity index (χ0n) is 19.2. The van der Waals surface area contributed by atoms with Crippen LogP contribution in [0.25, 0.3) is 10.9 Å². The highest BCUT2D eigenvalue weighted by Gasteiger charge is 2.38. The van der Waals surface area contributed by atoms with E-state index in [-0.39, 0.29) is 28.2 Å². The van der Waals surface area contributed by atoms with Crippen molar-refractivity contribution in [2.75, 3.05) is 45.2 Å². The number of nitrogens with zero attached hydrogens (tertiary/aromatic N) is 4. The lowest BCUT2D eigenvalue weighted by Gasteiger charge is -2.31. The van der Waals surface area contributed by atoms with Gasteiger partial charge in [0.2, 0.25) is 5.43 Å². The summed E-state index contributed by atoms with van der Waals surface area (Å²) >= 11 is 0. The van der Waals surface area contributed by atoms with Crippen LogP contribution in [0, 0.1) is 22.6 Å². The van der Waals surface area contributed by atoms with Crippen molar-refractivity contribution in [2.45, 2.75) is 38.6 Å². The summed E-state index contributed by atoms with van der Waals surface area (Å²) in [6.07, 6.45) is 4.40. The summed E-state index contributed by atoms with van der Waals surface area (Å²) in [5.41, 5.74) is -0.405. The number of hydrogen-bond acceptors (Lipinski definition) is 6. The van der Waals surface area contributed by atoms with Crippen LogP contribution in [0.5, 0.6) is 5.75 Å². The van der Waals surface area contributed by atoms with Crippen molar-refractivity contribution in [3.63, 3.8) is 0 Å². The second-order valence-corrected chi connectivity index (χ2v) is 9.58. The van der Waals surface area contributed by atoms with Gasteiger partial charge in [0.05, 0.1) is 24.1 Å². The largest absolute Gasteiger partial charge is 0.492 e. The molecule has 8 nitrogen and oxygen atoms in total. The second-order valence-electron chi connectivity index (χ2n) is 9.58. The number of carboxylic acids is 1. The molecule has 1 aromatic carbocycles. The van der Waals surface area contributed by atoms with E-state index < -0.39 is 17.2 Å². The highest BCUT2D eigenvalue weighted by molar-refractivity contribution is 5.97. The van der Waals surface area contributed by atoms with Crippen molar-refractivity contribution in [3.8, 4) is 11.8 Å². The maximum absolute atomic E-state index is 15.5. The Morgan fingerprint density at radius 1 is 1.45 bits per heavy atom. The number of pyridine rings is 1. The number of anilines is 1. The Hall–Kier alpha value is -3.12. The molecule has 33 heavy (non-hydrogen) atoms. The van der Waals surface area contributed by atoms with Crippen molar-refractivity contribution in [2.24, 2.45) is 5.41 Å². The van der Waals surface area contributed by atoms with E-state index in [9.17, 15) is 14.7 Å². The molecule has 1 unspecified atom stereocenters. The molecule has 0 radical (unpaired) electrons. The van der Waals surface area contributed by atoms with Crippen molar-refractivity contribution in [1.29, 1.82) is 5.26 Å². The predicted octanol–water partition coefficient (Wildman–Crippen LogP) is 3.24. The quantitative estimate of drug-likeness (QED) is 0.651. The summed E-state index contributed by atoms with van der Waals surface area (Å²) in [7, 11) is 3.44. The van der Waals surface area contributed by atoms with Crippen molar-refractivity contribution >= 4 is 22.6 Å². The van der Waals surface area contributed by atoms with Crippen molar-refractivity contribution in [3.05, 3.63) is 33.9 Å². The Morgan fingerprint density at radius 3 is 2.79 bits per heavy atom. The number of rotatable bonds is 8. The van der Waals surface area contributed by atoms with E-state index in [0.29, 0.717) is 37.3 Å². The standard InChI is InChI=1S/C24H29FN4O4/c1-24(13-27(2)9-4-8-26)7-10-28(14-24)20-18(25)11-16-19(22(20)33-3)29(15-5-6-15)12-17(21(16)30)23(31)32/h11-12,15H,4-7,9-10,13-14H2,1-3H3,(H,31,32). The van der Waals surface area contributed by atoms with E-state index in [4.69, 9.17) is 10.00 Å². The molecule has 1 N–H and O–H groups in total. The monoisotopic (exact) mass is 456 g/mol. The topological polar surface area (TPSA) is 98.8 Å². The Kier molecular flexibility index (Phi) is 6.06. The van der Waals surface area contributed by atoms with Gasteiger partial charge >= 0.3 is 5.97 Å². The summed E-state index contributed by atoms with van der Waals surface area (Å²) in [4.78, 5) is 28.6. The van der Waals surface area contributed by atoms with E-state index in [1.807, 2.05) is 11.9 Å². The second kappa shape index (κ2) is 8.67. The van der Waals surface area contributed by atoms with Gasteiger partial charge in [-0.15, -0.1) is 0 Å². The van der Waals surface area contributed by atoms with E-state index >= 15 is 4.39 Å². The molecule has 2 aromatic rings. The maximum Gasteiger partial charge on any atom is 0.341 e. The van der Waals surface area contributed by atoms with Crippen LogP contribution >= 0.6 is 0 Å². The van der Waals surface area contributed by atoms with Crippen molar-refractivity contribution in [1.82, 2.24) is 9.47 Å². The average Bonchev–Trinajstić information content (AvgIpc) is 3.54. The lowest BCUT2D eigenvalue weighted by molar-refractivity contribution is 0.0694. The molecule has 2 heterocycles. The number of fused-ring (bicyclic) bond motifs is 1. The first-order valence-corrected chi connectivity index (χ1v) is 11.2. The first-order chi connectivity index (χ1) is 15.7. The fraction of sp³-hybridized carbons (Fsp3) is 0.542. The predicted molar refractivity (Wildman–Crippen MR) is 123 cm³/mol. The normalized spacial score (nSPS) is 20.4. The fourth-order valence-corrected chi connectivity index (χ4v) is 5.04. The molecule has 1 atom stereocenters. The van der Waals surface area contributed by atoms with Gasteiger partial charge in [-0.1, -0.05) is 6.92 Å². The summed E-state index contributed by atoms with van der Waals surface area (Å²) in [5.74, 6) is -1.65. The lowest BCUT2D eigenvalue weighted by Crippen LogP contribution is -2.36. The van der Waals surface area contributed by atoms with Gasteiger partial charge in [0.1, 0.15) is 11.3 Å². The number of nitriles is 1. The minimum atomic E-state index is -1.32. The van der Waals surface area contributed by atoms with Crippen LogP contribution in [-0.2, 0) is 0 Å². The smallest absolute Gasteiger partial charge is 0.341 e. The number of ether oxygens (including phenoxy) is 1. The number of aromatic nitrogens is 1. The van der Waals surface area contributed by atoms with Gasteiger partial charge in [-0.05, 0) is 37.8 Å². The van der Waals surface area contributed by atoms with Gasteiger partial charge in [-0.25, -0.2) is 9.18 Å². The van der Waals surface area contributed by atoms with Gasteiger partial charge in [-0.3, -0.25) is 4.79 Å². The van der Waals surface area contributed by atoms with Crippen LogP contribution in [0.1, 0.15) is 49.0 Å². The molecule has 1 saturated carbocycles. The van der Waals surface area contributed by atoms with Gasteiger partial charge < -0.3 is 24.2 Å². The third kappa shape index (κ3) is 4.27. The van der Waals surface area contributed by atoms with Gasteiger partial charge in [0.15, 0.2) is 11.6 Å². The number of aromatic carboxylic acids is 1. The number of carboxylic acid groups (broad SMARTS) is 1. The average molecular weight is 457 g/mol. The zero-order valence-corrected chi connectivity index (χ0v) is 19.2. The number of hydrogen-bond donors (Lipinski definition) is 1. The van der Waals surface area contributed by atoms with Crippen LogP contribution < -0.4 is 15.1 Å². The first-order valence-electron chi connectivity index (χ1n) is 11.2. The lowest BCUT2D eigenvalue weighted by atomic mass is 9.89. The minimum absolute atomic E-state index is 0.0260. The molecule has 1 aliphatic heterocycles. The molecular weight excluding hydrogens is 427 g/mol. The number of carbonyl (C=O) groups is 1. The first kappa shape index (κ1) is 23.1. The van der Waals surface area contributed by atoms with Crippen LogP contribution in [0.15, 0.2) is 17.1 Å². The molecule has 1 saturated heterocycles. The summed E-state index contributed by atoms with van der Waals surface area (Å²) < 4.78 is 23.0. The van der Waals surface area contributed by atoms with E-state index in [1.165, 1.54) is 13.3 Å². The van der Waals surface area contributed by atoms with E-state index in [0.717, 1.165) is 31.9 Å². The molecule has 2 fully saturated rings. The van der Waals surface area contributed by atoms with Crippen LogP contribution in [0.4, 0.5) is 10.1 Å². The number of halogens is 1. The van der Waals surface area contributed by atoms with E-state index in [1.54, 1.807) is 4.57 Å². The molecule has 2 aliphatic rings. The molecule has 1 aromatic heterocycles. The molecule has 0 spiro atoms.